The first-order chi connectivity index (χ1) is 2.64. The second kappa shape index (κ2) is 8.85. The Hall–Kier alpha value is 1.85. The van der Waals surface area contributed by atoms with E-state index in [0.29, 0.717) is 0 Å². The topological polar surface area (TPSA) is 37.3 Å². The van der Waals surface area contributed by atoms with E-state index < -0.39 is 5.97 Å². The van der Waals surface area contributed by atoms with Crippen molar-refractivity contribution in [2.75, 3.05) is 0 Å². The normalized spacial score (nSPS) is 5.62. The number of carbonyl (C=O) groups is 1. The van der Waals surface area contributed by atoms with Crippen molar-refractivity contribution in [2.45, 2.75) is 6.92 Å². The fourth-order valence-corrected chi connectivity index (χ4v) is 0. The first-order valence-electron chi connectivity index (χ1n) is 1.53. The largest absolute Gasteiger partial charge is 1.00 e. The molecule has 0 saturated carbocycles. The van der Waals surface area contributed by atoms with E-state index in [4.69, 9.17) is 5.11 Å². The maximum absolute atomic E-state index is 9.60. The van der Waals surface area contributed by atoms with Crippen molar-refractivity contribution >= 4 is 5.97 Å². The molecule has 2 nitrogen and oxygen atoms in total. The average Bonchev–Trinajstić information content (AvgIpc) is 1.36. The molecule has 8 heavy (non-hydrogen) atoms. The van der Waals surface area contributed by atoms with Gasteiger partial charge in [-0.15, -0.1) is 0 Å². The molecule has 0 aliphatic carbocycles. The summed E-state index contributed by atoms with van der Waals surface area (Å²) in [6.45, 7) is 4.60. The van der Waals surface area contributed by atoms with Crippen LogP contribution in [0.5, 0.6) is 0 Å². The van der Waals surface area contributed by atoms with Crippen LogP contribution in [-0.4, -0.2) is 11.1 Å². The average molecular weight is 150 g/mol. The van der Waals surface area contributed by atoms with Gasteiger partial charge in [-0.05, 0) is 6.92 Å². The molecule has 0 aliphatic heterocycles. The molecule has 0 bridgehead atoms. The fraction of sp³-hybridized carbons (Fsp3) is 0.250. The van der Waals surface area contributed by atoms with Gasteiger partial charge in [0.1, 0.15) is 0 Å². The smallest absolute Gasteiger partial charge is 1.00 e. The minimum atomic E-state index is -0.935. The van der Waals surface area contributed by atoms with Gasteiger partial charge in [-0.1, -0.05) is 6.58 Å². The number of carboxylic acids is 1. The van der Waals surface area contributed by atoms with Gasteiger partial charge in [0.2, 0.25) is 0 Å². The van der Waals surface area contributed by atoms with E-state index in [9.17, 15) is 4.79 Å². The van der Waals surface area contributed by atoms with E-state index in [2.05, 4.69) is 6.58 Å². The third-order valence-corrected chi connectivity index (χ3v) is 0.365. The second-order valence-corrected chi connectivity index (χ2v) is 1.09. The van der Waals surface area contributed by atoms with E-state index in [0.717, 1.165) is 0 Å². The van der Waals surface area contributed by atoms with Crippen LogP contribution >= 0.6 is 0 Å². The maximum atomic E-state index is 9.60. The first-order valence-corrected chi connectivity index (χ1v) is 1.53. The number of carboxylic acid groups (broad SMARTS) is 1. The van der Waals surface area contributed by atoms with Gasteiger partial charge in [-0.25, -0.2) is 4.79 Å². The molecule has 0 fully saturated rings. The Kier molecular flexibility index (Phi) is 18.2. The molecule has 38 valence electrons. The zero-order chi connectivity index (χ0) is 5.15. The SMILES string of the molecule is C=C(C)C(=O)O.[H-].[H-].[K+].[Na+]. The van der Waals surface area contributed by atoms with Crippen LogP contribution in [0.1, 0.15) is 9.78 Å². The van der Waals surface area contributed by atoms with Crippen molar-refractivity contribution in [3.05, 3.63) is 12.2 Å². The molecule has 0 rings (SSSR count). The van der Waals surface area contributed by atoms with Crippen LogP contribution in [0.25, 0.3) is 0 Å². The number of hydrogen-bond acceptors (Lipinski definition) is 1. The van der Waals surface area contributed by atoms with Crippen molar-refractivity contribution < 1.29 is 93.7 Å². The first kappa shape index (κ1) is 16.4. The predicted octanol–water partition coefficient (Wildman–Crippen LogP) is -5.12. The van der Waals surface area contributed by atoms with Crippen molar-refractivity contribution in [2.24, 2.45) is 0 Å². The Morgan fingerprint density at radius 1 is 1.75 bits per heavy atom. The van der Waals surface area contributed by atoms with Crippen molar-refractivity contribution in [3.63, 3.8) is 0 Å². The monoisotopic (exact) mass is 150 g/mol. The number of rotatable bonds is 1. The molecular formula is C4H8KNaO2. The van der Waals surface area contributed by atoms with E-state index >= 15 is 0 Å². The molecule has 0 amide bonds. The van der Waals surface area contributed by atoms with Gasteiger partial charge in [0.15, 0.2) is 0 Å². The molecule has 0 aromatic heterocycles. The minimum Gasteiger partial charge on any atom is -1.00 e. The van der Waals surface area contributed by atoms with Gasteiger partial charge in [0.05, 0.1) is 0 Å². The zero-order valence-corrected chi connectivity index (χ0v) is 10.7. The Bertz CT molecular complexity index is 87.3. The summed E-state index contributed by atoms with van der Waals surface area (Å²) >= 11 is 0. The van der Waals surface area contributed by atoms with Crippen LogP contribution in [0, 0.1) is 0 Å². The molecule has 0 atom stereocenters. The molecule has 0 radical (unpaired) electrons. The molecule has 0 saturated heterocycles. The molecule has 0 aromatic rings. The quantitative estimate of drug-likeness (QED) is 0.300. The summed E-state index contributed by atoms with van der Waals surface area (Å²) in [6, 6.07) is 0. The van der Waals surface area contributed by atoms with E-state index in [-0.39, 0.29) is 89.4 Å². The van der Waals surface area contributed by atoms with Gasteiger partial charge >= 0.3 is 86.9 Å². The Labute approximate surface area is 116 Å². The van der Waals surface area contributed by atoms with Crippen LogP contribution in [0.4, 0.5) is 0 Å². The van der Waals surface area contributed by atoms with Crippen LogP contribution < -0.4 is 80.9 Å². The van der Waals surface area contributed by atoms with Gasteiger partial charge in [-0.3, -0.25) is 0 Å². The molecule has 1 N–H and O–H groups in total. The zero-order valence-electron chi connectivity index (χ0n) is 7.56. The maximum Gasteiger partial charge on any atom is 1.00 e. The summed E-state index contributed by atoms with van der Waals surface area (Å²) in [7, 11) is 0. The van der Waals surface area contributed by atoms with Crippen molar-refractivity contribution in [1.82, 2.24) is 0 Å². The molecule has 4 heteroatoms. The summed E-state index contributed by atoms with van der Waals surface area (Å²) in [5.74, 6) is -0.935. The van der Waals surface area contributed by atoms with E-state index in [1.54, 1.807) is 0 Å². The molecule has 0 heterocycles. The number of hydrogen-bond donors (Lipinski definition) is 1. The second-order valence-electron chi connectivity index (χ2n) is 1.09. The predicted molar refractivity (Wildman–Crippen MR) is 24.7 cm³/mol. The summed E-state index contributed by atoms with van der Waals surface area (Å²) in [5, 5.41) is 7.89. The van der Waals surface area contributed by atoms with Crippen molar-refractivity contribution in [1.29, 1.82) is 0 Å². The minimum absolute atomic E-state index is 0. The Morgan fingerprint density at radius 2 is 1.88 bits per heavy atom. The molecule has 0 unspecified atom stereocenters. The van der Waals surface area contributed by atoms with E-state index in [1.807, 2.05) is 0 Å². The Balaban J connectivity index is -0.0000000208. The summed E-state index contributed by atoms with van der Waals surface area (Å²) in [5.41, 5.74) is 0.176. The summed E-state index contributed by atoms with van der Waals surface area (Å²) in [4.78, 5) is 9.60. The van der Waals surface area contributed by atoms with Crippen LogP contribution in [0.3, 0.4) is 0 Å². The summed E-state index contributed by atoms with van der Waals surface area (Å²) in [6.07, 6.45) is 0. The van der Waals surface area contributed by atoms with Gasteiger partial charge < -0.3 is 7.96 Å². The van der Waals surface area contributed by atoms with Gasteiger partial charge in [0, 0.05) is 5.57 Å². The Morgan fingerprint density at radius 3 is 1.88 bits per heavy atom. The molecule has 0 spiro atoms. The third-order valence-electron chi connectivity index (χ3n) is 0.365. The van der Waals surface area contributed by atoms with Crippen molar-refractivity contribution in [3.8, 4) is 0 Å². The standard InChI is InChI=1S/C4H6O2.K.Na.2H/c1-3(2)4(5)6;;;;/h1H2,2H3,(H,5,6);;;;/q;2*+1;2*-1. The van der Waals surface area contributed by atoms with E-state index in [1.165, 1.54) is 6.92 Å². The van der Waals surface area contributed by atoms with Crippen LogP contribution in [0.15, 0.2) is 12.2 Å². The fourth-order valence-electron chi connectivity index (χ4n) is 0. The van der Waals surface area contributed by atoms with Gasteiger partial charge in [-0.2, -0.15) is 0 Å². The third kappa shape index (κ3) is 10.8. The molecule has 0 aliphatic rings. The van der Waals surface area contributed by atoms with Gasteiger partial charge in [0.25, 0.3) is 0 Å². The summed E-state index contributed by atoms with van der Waals surface area (Å²) < 4.78 is 0. The molecule has 0 aromatic carbocycles. The van der Waals surface area contributed by atoms with Crippen LogP contribution in [-0.2, 0) is 4.79 Å². The van der Waals surface area contributed by atoms with Crippen LogP contribution in [0.2, 0.25) is 0 Å². The molecular weight excluding hydrogens is 142 g/mol. The number of aliphatic carboxylic acids is 1.